The number of carbonyl (C=O) groups is 2. The van der Waals surface area contributed by atoms with Gasteiger partial charge in [0.15, 0.2) is 0 Å². The van der Waals surface area contributed by atoms with Gasteiger partial charge in [0, 0.05) is 24.0 Å². The molecular weight excluding hydrogens is 410 g/mol. The van der Waals surface area contributed by atoms with E-state index in [4.69, 9.17) is 25.8 Å². The van der Waals surface area contributed by atoms with Gasteiger partial charge in [-0.3, -0.25) is 9.59 Å². The molecule has 7 nitrogen and oxygen atoms in total. The lowest BCUT2D eigenvalue weighted by Gasteiger charge is -2.13. The molecule has 0 unspecified atom stereocenters. The molecule has 1 aliphatic rings. The molecular formula is C22H24ClNO6. The Balaban J connectivity index is 1.70. The Labute approximate surface area is 180 Å². The second-order valence-electron chi connectivity index (χ2n) is 6.84. The van der Waals surface area contributed by atoms with Gasteiger partial charge in [-0.2, -0.15) is 0 Å². The number of esters is 1. The van der Waals surface area contributed by atoms with E-state index < -0.39 is 5.97 Å². The molecule has 30 heavy (non-hydrogen) atoms. The molecule has 0 aromatic heterocycles. The number of hydrogen-bond acceptors (Lipinski definition) is 6. The molecule has 0 radical (unpaired) electrons. The number of hydrogen-bond donors (Lipinski definition) is 1. The zero-order valence-corrected chi connectivity index (χ0v) is 17.9. The number of carbonyl (C=O) groups excluding carboxylic acids is 2. The third-order valence-corrected chi connectivity index (χ3v) is 5.16. The van der Waals surface area contributed by atoms with Crippen molar-refractivity contribution in [2.45, 2.75) is 25.4 Å². The minimum absolute atomic E-state index is 0.0473. The molecule has 2 aromatic carbocycles. The van der Waals surface area contributed by atoms with Crippen molar-refractivity contribution < 1.29 is 28.5 Å². The first kappa shape index (κ1) is 21.8. The molecule has 8 heteroatoms. The molecule has 2 aromatic rings. The van der Waals surface area contributed by atoms with E-state index in [1.165, 1.54) is 7.11 Å². The summed E-state index contributed by atoms with van der Waals surface area (Å²) in [5.74, 6) is 1.40. The second kappa shape index (κ2) is 9.71. The Hall–Kier alpha value is -2.93. The lowest BCUT2D eigenvalue weighted by Crippen LogP contribution is -2.34. The minimum Gasteiger partial charge on any atom is -0.497 e. The maximum Gasteiger partial charge on any atom is 0.306 e. The monoisotopic (exact) mass is 433 g/mol. The van der Waals surface area contributed by atoms with E-state index in [9.17, 15) is 9.59 Å². The average Bonchev–Trinajstić information content (AvgIpc) is 3.19. The summed E-state index contributed by atoms with van der Waals surface area (Å²) in [7, 11) is 4.52. The van der Waals surface area contributed by atoms with E-state index in [1.54, 1.807) is 14.2 Å². The summed E-state index contributed by atoms with van der Waals surface area (Å²) in [6.45, 7) is 0.322. The first-order valence-corrected chi connectivity index (χ1v) is 9.88. The summed E-state index contributed by atoms with van der Waals surface area (Å²) < 4.78 is 21.3. The van der Waals surface area contributed by atoms with E-state index >= 15 is 0 Å². The van der Waals surface area contributed by atoms with Crippen LogP contribution in [-0.2, 0) is 20.7 Å². The van der Waals surface area contributed by atoms with Crippen LogP contribution in [0.4, 0.5) is 0 Å². The van der Waals surface area contributed by atoms with Gasteiger partial charge in [-0.1, -0.05) is 11.6 Å². The standard InChI is InChI=1S/C22H24ClNO6/c1-27-15-4-5-19(28-2)17(11-15)13-8-14-9-16(30-22(14)18(23)10-13)12-24-20(25)6-7-21(26)29-3/h4-5,8,10-11,16H,6-7,9,12H2,1-3H3,(H,24,25)/t16-/m0/s1. The number of nitrogens with one attached hydrogen (secondary N) is 1. The Morgan fingerprint density at radius 1 is 1.13 bits per heavy atom. The van der Waals surface area contributed by atoms with E-state index in [1.807, 2.05) is 30.3 Å². The number of benzene rings is 2. The minimum atomic E-state index is -0.415. The summed E-state index contributed by atoms with van der Waals surface area (Å²) in [5.41, 5.74) is 2.71. The Morgan fingerprint density at radius 2 is 1.93 bits per heavy atom. The SMILES string of the molecule is COC(=O)CCC(=O)NC[C@@H]1Cc2cc(-c3cc(OC)ccc3OC)cc(Cl)c2O1. The molecule has 1 heterocycles. The second-order valence-corrected chi connectivity index (χ2v) is 7.24. The Bertz CT molecular complexity index is 945. The number of methoxy groups -OCH3 is 3. The van der Waals surface area contributed by atoms with Gasteiger partial charge in [-0.05, 0) is 35.9 Å². The molecule has 1 N–H and O–H groups in total. The normalized spacial score (nSPS) is 14.5. The van der Waals surface area contributed by atoms with Crippen molar-refractivity contribution in [3.8, 4) is 28.4 Å². The van der Waals surface area contributed by atoms with Crippen molar-refractivity contribution in [2.24, 2.45) is 0 Å². The van der Waals surface area contributed by atoms with Gasteiger partial charge in [0.1, 0.15) is 23.4 Å². The summed E-state index contributed by atoms with van der Waals surface area (Å²) in [6.07, 6.45) is 0.493. The number of ether oxygens (including phenoxy) is 4. The van der Waals surface area contributed by atoms with Crippen molar-refractivity contribution in [1.82, 2.24) is 5.32 Å². The van der Waals surface area contributed by atoms with Crippen molar-refractivity contribution in [3.05, 3.63) is 40.9 Å². The zero-order chi connectivity index (χ0) is 21.7. The summed E-state index contributed by atoms with van der Waals surface area (Å²) in [4.78, 5) is 23.0. The zero-order valence-electron chi connectivity index (χ0n) is 17.1. The quantitative estimate of drug-likeness (QED) is 0.642. The van der Waals surface area contributed by atoms with Crippen molar-refractivity contribution in [3.63, 3.8) is 0 Å². The summed E-state index contributed by atoms with van der Waals surface area (Å²) in [6, 6.07) is 9.41. The number of fused-ring (bicyclic) bond motifs is 1. The van der Waals surface area contributed by atoms with E-state index in [0.29, 0.717) is 35.2 Å². The molecule has 0 fully saturated rings. The topological polar surface area (TPSA) is 83.1 Å². The van der Waals surface area contributed by atoms with Crippen LogP contribution in [0.1, 0.15) is 18.4 Å². The van der Waals surface area contributed by atoms with Gasteiger partial charge in [0.25, 0.3) is 0 Å². The van der Waals surface area contributed by atoms with Crippen LogP contribution in [-0.4, -0.2) is 45.9 Å². The van der Waals surface area contributed by atoms with Crippen LogP contribution in [0.5, 0.6) is 17.2 Å². The lowest BCUT2D eigenvalue weighted by molar-refractivity contribution is -0.142. The molecule has 0 spiro atoms. The van der Waals surface area contributed by atoms with Gasteiger partial charge < -0.3 is 24.3 Å². The van der Waals surface area contributed by atoms with Crippen molar-refractivity contribution >= 4 is 23.5 Å². The van der Waals surface area contributed by atoms with Crippen LogP contribution in [0.3, 0.4) is 0 Å². The van der Waals surface area contributed by atoms with Crippen LogP contribution >= 0.6 is 11.6 Å². The van der Waals surface area contributed by atoms with Gasteiger partial charge in [-0.15, -0.1) is 0 Å². The number of halogens is 1. The van der Waals surface area contributed by atoms with Crippen molar-refractivity contribution in [1.29, 1.82) is 0 Å². The van der Waals surface area contributed by atoms with E-state index in [0.717, 1.165) is 16.7 Å². The molecule has 3 rings (SSSR count). The van der Waals surface area contributed by atoms with Crippen LogP contribution in [0, 0.1) is 0 Å². The van der Waals surface area contributed by atoms with Gasteiger partial charge in [0.2, 0.25) is 5.91 Å². The van der Waals surface area contributed by atoms with Crippen molar-refractivity contribution in [2.75, 3.05) is 27.9 Å². The van der Waals surface area contributed by atoms with Gasteiger partial charge in [-0.25, -0.2) is 0 Å². The first-order chi connectivity index (χ1) is 14.4. The highest BCUT2D eigenvalue weighted by Gasteiger charge is 2.27. The third-order valence-electron chi connectivity index (χ3n) is 4.88. The molecule has 0 bridgehead atoms. The molecule has 0 saturated carbocycles. The highest BCUT2D eigenvalue weighted by Crippen LogP contribution is 2.42. The largest absolute Gasteiger partial charge is 0.497 e. The molecule has 1 amide bonds. The van der Waals surface area contributed by atoms with Crippen LogP contribution < -0.4 is 19.5 Å². The van der Waals surface area contributed by atoms with Gasteiger partial charge in [0.05, 0.1) is 39.3 Å². The number of rotatable bonds is 8. The fraction of sp³-hybridized carbons (Fsp3) is 0.364. The summed E-state index contributed by atoms with van der Waals surface area (Å²) in [5, 5.41) is 3.28. The molecule has 1 atom stereocenters. The highest BCUT2D eigenvalue weighted by molar-refractivity contribution is 6.32. The molecule has 160 valence electrons. The maximum atomic E-state index is 11.9. The smallest absolute Gasteiger partial charge is 0.306 e. The Kier molecular flexibility index (Phi) is 7.05. The number of amides is 1. The maximum absolute atomic E-state index is 11.9. The average molecular weight is 434 g/mol. The fourth-order valence-corrected chi connectivity index (χ4v) is 3.61. The molecule has 0 saturated heterocycles. The van der Waals surface area contributed by atoms with Crippen LogP contribution in [0.15, 0.2) is 30.3 Å². The predicted octanol–water partition coefficient (Wildman–Crippen LogP) is 3.40. The van der Waals surface area contributed by atoms with Crippen LogP contribution in [0.25, 0.3) is 11.1 Å². The van der Waals surface area contributed by atoms with E-state index in [2.05, 4.69) is 10.1 Å². The summed E-state index contributed by atoms with van der Waals surface area (Å²) >= 11 is 6.49. The third kappa shape index (κ3) is 4.97. The first-order valence-electron chi connectivity index (χ1n) is 9.50. The predicted molar refractivity (Wildman–Crippen MR) is 112 cm³/mol. The van der Waals surface area contributed by atoms with Gasteiger partial charge >= 0.3 is 5.97 Å². The fourth-order valence-electron chi connectivity index (χ4n) is 3.33. The molecule has 1 aliphatic heterocycles. The highest BCUT2D eigenvalue weighted by atomic mass is 35.5. The Morgan fingerprint density at radius 3 is 2.63 bits per heavy atom. The molecule has 0 aliphatic carbocycles. The van der Waals surface area contributed by atoms with E-state index in [-0.39, 0.29) is 24.9 Å². The van der Waals surface area contributed by atoms with Crippen LogP contribution in [0.2, 0.25) is 5.02 Å². The lowest BCUT2D eigenvalue weighted by atomic mass is 9.99.